The Balaban J connectivity index is 1.56. The highest BCUT2D eigenvalue weighted by Crippen LogP contribution is 2.32. The monoisotopic (exact) mass is 324 g/mol. The van der Waals surface area contributed by atoms with Crippen molar-refractivity contribution in [2.24, 2.45) is 7.05 Å². The van der Waals surface area contributed by atoms with Gasteiger partial charge < -0.3 is 5.11 Å². The summed E-state index contributed by atoms with van der Waals surface area (Å²) in [6.45, 7) is 0.894. The van der Waals surface area contributed by atoms with Crippen molar-refractivity contribution in [2.75, 3.05) is 0 Å². The van der Waals surface area contributed by atoms with Gasteiger partial charge in [-0.1, -0.05) is 18.2 Å². The Morgan fingerprint density at radius 3 is 2.88 bits per heavy atom. The van der Waals surface area contributed by atoms with Crippen molar-refractivity contribution < 1.29 is 9.50 Å². The molecule has 24 heavy (non-hydrogen) atoms. The zero-order valence-corrected chi connectivity index (χ0v) is 13.2. The van der Waals surface area contributed by atoms with E-state index in [4.69, 9.17) is 0 Å². The maximum atomic E-state index is 14.5. The third-order valence-corrected chi connectivity index (χ3v) is 4.35. The lowest BCUT2D eigenvalue weighted by Gasteiger charge is -2.20. The van der Waals surface area contributed by atoms with E-state index in [0.29, 0.717) is 24.3 Å². The molecule has 1 aliphatic heterocycles. The van der Waals surface area contributed by atoms with Gasteiger partial charge in [-0.25, -0.2) is 4.39 Å². The Labute approximate surface area is 139 Å². The molecule has 2 aromatic heterocycles. The topological polar surface area (TPSA) is 54.2 Å². The predicted octanol–water partition coefficient (Wildman–Crippen LogP) is 2.63. The van der Waals surface area contributed by atoms with Gasteiger partial charge in [0.15, 0.2) is 6.23 Å². The number of halogens is 1. The summed E-state index contributed by atoms with van der Waals surface area (Å²) >= 11 is 0. The molecule has 0 amide bonds. The normalized spacial score (nSPS) is 17.2. The molecule has 0 saturated carbocycles. The number of hydrogen-bond donors (Lipinski definition) is 1. The second-order valence-electron chi connectivity index (χ2n) is 6.04. The van der Waals surface area contributed by atoms with Gasteiger partial charge >= 0.3 is 0 Å². The van der Waals surface area contributed by atoms with Crippen LogP contribution in [0.25, 0.3) is 11.1 Å². The van der Waals surface area contributed by atoms with Crippen LogP contribution >= 0.6 is 0 Å². The maximum absolute atomic E-state index is 14.5. The van der Waals surface area contributed by atoms with Crippen LogP contribution in [0, 0.1) is 5.82 Å². The van der Waals surface area contributed by atoms with Gasteiger partial charge in [-0.3, -0.25) is 14.6 Å². The summed E-state index contributed by atoms with van der Waals surface area (Å²) < 4.78 is 16.2. The van der Waals surface area contributed by atoms with Crippen LogP contribution < -0.4 is 0 Å². The molecule has 3 heterocycles. The number of aromatic nitrogens is 3. The van der Waals surface area contributed by atoms with Crippen LogP contribution in [0.2, 0.25) is 0 Å². The minimum Gasteiger partial charge on any atom is -0.372 e. The summed E-state index contributed by atoms with van der Waals surface area (Å²) in [5.41, 5.74) is 3.86. The Morgan fingerprint density at radius 1 is 1.29 bits per heavy atom. The van der Waals surface area contributed by atoms with Gasteiger partial charge in [0.25, 0.3) is 0 Å². The van der Waals surface area contributed by atoms with Crippen molar-refractivity contribution in [3.05, 3.63) is 71.6 Å². The van der Waals surface area contributed by atoms with E-state index in [2.05, 4.69) is 10.1 Å². The molecule has 0 spiro atoms. The number of aliphatic hydroxyl groups excluding tert-OH is 1. The number of aryl methyl sites for hydroxylation is 1. The highest BCUT2D eigenvalue weighted by atomic mass is 19.1. The van der Waals surface area contributed by atoms with Crippen LogP contribution in [0.3, 0.4) is 0 Å². The first-order chi connectivity index (χ1) is 11.6. The molecule has 122 valence electrons. The van der Waals surface area contributed by atoms with Gasteiger partial charge in [-0.05, 0) is 23.3 Å². The summed E-state index contributed by atoms with van der Waals surface area (Å²) in [5.74, 6) is -0.285. The fraction of sp³-hybridized carbons (Fsp3) is 0.222. The second kappa shape index (κ2) is 5.81. The zero-order valence-electron chi connectivity index (χ0n) is 13.2. The minimum atomic E-state index is -0.793. The first-order valence-corrected chi connectivity index (χ1v) is 7.75. The van der Waals surface area contributed by atoms with Crippen molar-refractivity contribution in [1.82, 2.24) is 19.7 Å². The van der Waals surface area contributed by atoms with Crippen LogP contribution in [0.4, 0.5) is 4.39 Å². The number of pyridine rings is 1. The standard InChI is InChI=1S/C18H17FN4O/c1-22-9-15(8-21-22)12-4-5-13(16(19)7-12)10-23-11-14-3-2-6-20-17(14)18(23)24/h2-9,18,24H,10-11H2,1H3. The molecule has 0 fully saturated rings. The predicted molar refractivity (Wildman–Crippen MR) is 87.0 cm³/mol. The molecule has 5 nitrogen and oxygen atoms in total. The third kappa shape index (κ3) is 2.60. The van der Waals surface area contributed by atoms with Gasteiger partial charge in [-0.15, -0.1) is 0 Å². The molecular formula is C18H17FN4O. The number of fused-ring (bicyclic) bond motifs is 1. The zero-order chi connectivity index (χ0) is 16.7. The summed E-state index contributed by atoms with van der Waals surface area (Å²) in [6, 6.07) is 8.94. The minimum absolute atomic E-state index is 0.285. The molecule has 1 unspecified atom stereocenters. The average molecular weight is 324 g/mol. The van der Waals surface area contributed by atoms with Crippen LogP contribution in [-0.4, -0.2) is 24.8 Å². The van der Waals surface area contributed by atoms with Crippen molar-refractivity contribution in [1.29, 1.82) is 0 Å². The van der Waals surface area contributed by atoms with E-state index in [0.717, 1.165) is 16.7 Å². The highest BCUT2D eigenvalue weighted by molar-refractivity contribution is 5.62. The van der Waals surface area contributed by atoms with Crippen LogP contribution in [0.15, 0.2) is 48.9 Å². The van der Waals surface area contributed by atoms with E-state index in [9.17, 15) is 9.50 Å². The van der Waals surface area contributed by atoms with E-state index >= 15 is 0 Å². The summed E-state index contributed by atoms with van der Waals surface area (Å²) in [7, 11) is 1.83. The molecule has 0 radical (unpaired) electrons. The fourth-order valence-electron chi connectivity index (χ4n) is 3.08. The van der Waals surface area contributed by atoms with Crippen molar-refractivity contribution in [2.45, 2.75) is 19.3 Å². The van der Waals surface area contributed by atoms with Crippen LogP contribution in [-0.2, 0) is 20.1 Å². The Hall–Kier alpha value is -2.57. The SMILES string of the molecule is Cn1cc(-c2ccc(CN3Cc4cccnc4C3O)c(F)c2)cn1. The van der Waals surface area contributed by atoms with Gasteiger partial charge in [0.1, 0.15) is 5.82 Å². The molecule has 4 rings (SSSR count). The number of nitrogens with zero attached hydrogens (tertiary/aromatic N) is 4. The first-order valence-electron chi connectivity index (χ1n) is 7.75. The molecule has 1 aromatic carbocycles. The van der Waals surface area contributed by atoms with E-state index in [1.165, 1.54) is 6.07 Å². The molecule has 1 atom stereocenters. The molecule has 6 heteroatoms. The number of hydrogen-bond acceptors (Lipinski definition) is 4. The first kappa shape index (κ1) is 15.0. The Kier molecular flexibility index (Phi) is 3.63. The van der Waals surface area contributed by atoms with Gasteiger partial charge in [0.2, 0.25) is 0 Å². The number of aliphatic hydroxyl groups is 1. The van der Waals surface area contributed by atoms with Crippen LogP contribution in [0.1, 0.15) is 23.0 Å². The smallest absolute Gasteiger partial charge is 0.151 e. The molecule has 1 aliphatic rings. The maximum Gasteiger partial charge on any atom is 0.151 e. The number of rotatable bonds is 3. The molecule has 3 aromatic rings. The molecule has 1 N–H and O–H groups in total. The quantitative estimate of drug-likeness (QED) is 0.805. The van der Waals surface area contributed by atoms with E-state index < -0.39 is 6.23 Å². The van der Waals surface area contributed by atoms with E-state index in [1.54, 1.807) is 28.0 Å². The Morgan fingerprint density at radius 2 is 2.17 bits per heavy atom. The molecule has 0 saturated heterocycles. The molecule has 0 aliphatic carbocycles. The van der Waals surface area contributed by atoms with Crippen molar-refractivity contribution in [3.8, 4) is 11.1 Å². The molecule has 0 bridgehead atoms. The van der Waals surface area contributed by atoms with Gasteiger partial charge in [-0.2, -0.15) is 5.10 Å². The average Bonchev–Trinajstić information content (AvgIpc) is 3.14. The third-order valence-electron chi connectivity index (χ3n) is 4.35. The van der Waals surface area contributed by atoms with E-state index in [1.807, 2.05) is 31.4 Å². The highest BCUT2D eigenvalue weighted by Gasteiger charge is 2.29. The lowest BCUT2D eigenvalue weighted by molar-refractivity contribution is 0.00457. The lowest BCUT2D eigenvalue weighted by Crippen LogP contribution is -2.22. The van der Waals surface area contributed by atoms with Gasteiger partial charge in [0, 0.05) is 43.7 Å². The second-order valence-corrected chi connectivity index (χ2v) is 6.04. The molecular weight excluding hydrogens is 307 g/mol. The Bertz CT molecular complexity index is 892. The number of benzene rings is 1. The van der Waals surface area contributed by atoms with E-state index in [-0.39, 0.29) is 5.82 Å². The van der Waals surface area contributed by atoms with Gasteiger partial charge in [0.05, 0.1) is 11.9 Å². The van der Waals surface area contributed by atoms with Crippen LogP contribution in [0.5, 0.6) is 0 Å². The van der Waals surface area contributed by atoms with Crippen molar-refractivity contribution >= 4 is 0 Å². The largest absolute Gasteiger partial charge is 0.372 e. The lowest BCUT2D eigenvalue weighted by atomic mass is 10.1. The van der Waals surface area contributed by atoms with Crippen molar-refractivity contribution in [3.63, 3.8) is 0 Å². The summed E-state index contributed by atoms with van der Waals surface area (Å²) in [5, 5.41) is 14.5. The summed E-state index contributed by atoms with van der Waals surface area (Å²) in [4.78, 5) is 6.02. The summed E-state index contributed by atoms with van der Waals surface area (Å²) in [6.07, 6.45) is 4.43. The fourth-order valence-corrected chi connectivity index (χ4v) is 3.08.